The van der Waals surface area contributed by atoms with Crippen molar-refractivity contribution in [3.63, 3.8) is 0 Å². The molecule has 0 saturated carbocycles. The Balaban J connectivity index is 2.36. The van der Waals surface area contributed by atoms with Gasteiger partial charge in [-0.15, -0.1) is 5.10 Å². The molecular formula is C8H9ClN2O2S. The Morgan fingerprint density at radius 1 is 1.36 bits per heavy atom. The van der Waals surface area contributed by atoms with Gasteiger partial charge in [0.15, 0.2) is 15.0 Å². The van der Waals surface area contributed by atoms with E-state index >= 15 is 0 Å². The van der Waals surface area contributed by atoms with Crippen molar-refractivity contribution in [2.75, 3.05) is 5.75 Å². The number of rotatable bonds is 1. The van der Waals surface area contributed by atoms with Gasteiger partial charge in [-0.2, -0.15) is 5.10 Å². The second-order valence-corrected chi connectivity index (χ2v) is 5.97. The smallest absolute Gasteiger partial charge is 0.158 e. The lowest BCUT2D eigenvalue weighted by Crippen LogP contribution is -2.10. The van der Waals surface area contributed by atoms with Crippen molar-refractivity contribution in [1.82, 2.24) is 10.2 Å². The van der Waals surface area contributed by atoms with Gasteiger partial charge >= 0.3 is 0 Å². The van der Waals surface area contributed by atoms with E-state index in [0.717, 1.165) is 0 Å². The van der Waals surface area contributed by atoms with Crippen molar-refractivity contribution < 1.29 is 8.42 Å². The quantitative estimate of drug-likeness (QED) is 0.734. The zero-order chi connectivity index (χ0) is 10.2. The molecule has 1 aliphatic heterocycles. The second kappa shape index (κ2) is 3.47. The topological polar surface area (TPSA) is 59.9 Å². The first-order valence-corrected chi connectivity index (χ1v) is 6.39. The average molecular weight is 233 g/mol. The monoisotopic (exact) mass is 232 g/mol. The summed E-state index contributed by atoms with van der Waals surface area (Å²) < 4.78 is 23.1. The van der Waals surface area contributed by atoms with Gasteiger partial charge in [-0.3, -0.25) is 0 Å². The van der Waals surface area contributed by atoms with Crippen LogP contribution in [0, 0.1) is 0 Å². The number of hydrogen-bond acceptors (Lipinski definition) is 4. The fourth-order valence-corrected chi connectivity index (χ4v) is 3.60. The van der Waals surface area contributed by atoms with Gasteiger partial charge in [0, 0.05) is 0 Å². The van der Waals surface area contributed by atoms with Crippen LogP contribution in [-0.4, -0.2) is 24.4 Å². The molecule has 0 N–H and O–H groups in total. The summed E-state index contributed by atoms with van der Waals surface area (Å²) in [6, 6.07) is 3.20. The molecule has 2 rings (SSSR count). The SMILES string of the molecule is O=S1(=O)CCCC1c1ccc(Cl)nn1. The van der Waals surface area contributed by atoms with Crippen LogP contribution < -0.4 is 0 Å². The van der Waals surface area contributed by atoms with Gasteiger partial charge in [0.1, 0.15) is 5.25 Å². The Labute approximate surface area is 87.2 Å². The third-order valence-electron chi connectivity index (χ3n) is 2.31. The van der Waals surface area contributed by atoms with Crippen molar-refractivity contribution >= 4 is 21.4 Å². The number of hydrogen-bond donors (Lipinski definition) is 0. The first-order valence-electron chi connectivity index (χ1n) is 4.30. The molecule has 1 unspecified atom stereocenters. The van der Waals surface area contributed by atoms with E-state index in [-0.39, 0.29) is 10.9 Å². The van der Waals surface area contributed by atoms with Crippen molar-refractivity contribution in [3.8, 4) is 0 Å². The molecule has 1 fully saturated rings. The number of halogens is 1. The molecule has 1 aromatic rings. The van der Waals surface area contributed by atoms with E-state index in [0.29, 0.717) is 18.5 Å². The van der Waals surface area contributed by atoms with Crippen molar-refractivity contribution in [2.24, 2.45) is 0 Å². The average Bonchev–Trinajstić information content (AvgIpc) is 2.47. The van der Waals surface area contributed by atoms with Gasteiger partial charge in [0.25, 0.3) is 0 Å². The molecule has 76 valence electrons. The largest absolute Gasteiger partial charge is 0.228 e. The van der Waals surface area contributed by atoms with E-state index in [1.54, 1.807) is 12.1 Å². The lowest BCUT2D eigenvalue weighted by Gasteiger charge is -2.06. The molecule has 1 saturated heterocycles. The van der Waals surface area contributed by atoms with Crippen LogP contribution in [0.1, 0.15) is 23.8 Å². The molecule has 14 heavy (non-hydrogen) atoms. The van der Waals surface area contributed by atoms with Crippen molar-refractivity contribution in [1.29, 1.82) is 0 Å². The molecule has 1 aliphatic rings. The predicted octanol–water partition coefficient (Wildman–Crippen LogP) is 1.38. The highest BCUT2D eigenvalue weighted by atomic mass is 35.5. The molecule has 0 amide bonds. The lowest BCUT2D eigenvalue weighted by molar-refractivity contribution is 0.590. The van der Waals surface area contributed by atoms with Crippen LogP contribution >= 0.6 is 11.6 Å². The molecule has 1 atom stereocenters. The standard InChI is InChI=1S/C8H9ClN2O2S/c9-8-4-3-6(10-11-8)7-2-1-5-14(7,12)13/h3-4,7H,1-2,5H2. The second-order valence-electron chi connectivity index (χ2n) is 3.28. The fraction of sp³-hybridized carbons (Fsp3) is 0.500. The molecule has 0 aliphatic carbocycles. The molecule has 0 spiro atoms. The zero-order valence-corrected chi connectivity index (χ0v) is 8.92. The minimum absolute atomic E-state index is 0.252. The van der Waals surface area contributed by atoms with Crippen LogP contribution in [0.4, 0.5) is 0 Å². The third-order valence-corrected chi connectivity index (χ3v) is 4.71. The van der Waals surface area contributed by atoms with Gasteiger partial charge in [-0.1, -0.05) is 11.6 Å². The molecular weight excluding hydrogens is 224 g/mol. The Morgan fingerprint density at radius 3 is 2.64 bits per heavy atom. The Hall–Kier alpha value is -0.680. The molecule has 0 bridgehead atoms. The van der Waals surface area contributed by atoms with Crippen molar-refractivity contribution in [2.45, 2.75) is 18.1 Å². The van der Waals surface area contributed by atoms with Gasteiger partial charge in [0.05, 0.1) is 11.4 Å². The van der Waals surface area contributed by atoms with E-state index in [1.807, 2.05) is 0 Å². The maximum absolute atomic E-state index is 11.5. The lowest BCUT2D eigenvalue weighted by atomic mass is 10.2. The minimum Gasteiger partial charge on any atom is -0.228 e. The Morgan fingerprint density at radius 2 is 2.14 bits per heavy atom. The molecule has 4 nitrogen and oxygen atoms in total. The maximum atomic E-state index is 11.5. The van der Waals surface area contributed by atoms with Gasteiger partial charge in [0.2, 0.25) is 0 Å². The molecule has 2 heterocycles. The summed E-state index contributed by atoms with van der Waals surface area (Å²) in [7, 11) is -3.00. The number of sulfone groups is 1. The summed E-state index contributed by atoms with van der Waals surface area (Å²) >= 11 is 5.57. The fourth-order valence-electron chi connectivity index (χ4n) is 1.62. The van der Waals surface area contributed by atoms with Gasteiger partial charge in [-0.25, -0.2) is 8.42 Å². The molecule has 1 aromatic heterocycles. The van der Waals surface area contributed by atoms with E-state index < -0.39 is 15.1 Å². The van der Waals surface area contributed by atoms with E-state index in [9.17, 15) is 8.42 Å². The number of aromatic nitrogens is 2. The highest BCUT2D eigenvalue weighted by Crippen LogP contribution is 2.33. The van der Waals surface area contributed by atoms with Gasteiger partial charge in [-0.05, 0) is 25.0 Å². The van der Waals surface area contributed by atoms with Gasteiger partial charge < -0.3 is 0 Å². The van der Waals surface area contributed by atoms with Crippen LogP contribution in [0.5, 0.6) is 0 Å². The first-order chi connectivity index (χ1) is 6.59. The highest BCUT2D eigenvalue weighted by molar-refractivity contribution is 7.91. The first kappa shape index (κ1) is 9.86. The minimum atomic E-state index is -3.00. The summed E-state index contributed by atoms with van der Waals surface area (Å²) in [5, 5.41) is 7.24. The molecule has 6 heteroatoms. The van der Waals surface area contributed by atoms with E-state index in [2.05, 4.69) is 10.2 Å². The molecule has 0 radical (unpaired) electrons. The molecule has 0 aromatic carbocycles. The highest BCUT2D eigenvalue weighted by Gasteiger charge is 2.33. The van der Waals surface area contributed by atoms with Crippen LogP contribution in [-0.2, 0) is 9.84 Å². The summed E-state index contributed by atoms with van der Waals surface area (Å²) in [6.45, 7) is 0. The predicted molar refractivity (Wildman–Crippen MR) is 52.8 cm³/mol. The van der Waals surface area contributed by atoms with E-state index in [4.69, 9.17) is 11.6 Å². The summed E-state index contributed by atoms with van der Waals surface area (Å²) in [5.41, 5.74) is 0.506. The van der Waals surface area contributed by atoms with Crippen LogP contribution in [0.3, 0.4) is 0 Å². The summed E-state index contributed by atoms with van der Waals surface area (Å²) in [4.78, 5) is 0. The Bertz CT molecular complexity index is 429. The van der Waals surface area contributed by atoms with Crippen LogP contribution in [0.15, 0.2) is 12.1 Å². The normalized spacial score (nSPS) is 25.1. The zero-order valence-electron chi connectivity index (χ0n) is 7.35. The summed E-state index contributed by atoms with van der Waals surface area (Å²) in [5.74, 6) is 0.252. The maximum Gasteiger partial charge on any atom is 0.158 e. The third kappa shape index (κ3) is 1.74. The number of nitrogens with zero attached hydrogens (tertiary/aromatic N) is 2. The van der Waals surface area contributed by atoms with Crippen LogP contribution in [0.2, 0.25) is 5.15 Å². The van der Waals surface area contributed by atoms with E-state index in [1.165, 1.54) is 0 Å². The summed E-state index contributed by atoms with van der Waals surface area (Å²) in [6.07, 6.45) is 1.34. The van der Waals surface area contributed by atoms with Crippen molar-refractivity contribution in [3.05, 3.63) is 23.0 Å². The Kier molecular flexibility index (Phi) is 2.45. The van der Waals surface area contributed by atoms with Crippen LogP contribution in [0.25, 0.3) is 0 Å².